The van der Waals surface area contributed by atoms with Crippen LogP contribution in [-0.4, -0.2) is 18.6 Å². The molecule has 0 aliphatic heterocycles. The molecule has 0 fully saturated rings. The summed E-state index contributed by atoms with van der Waals surface area (Å²) in [6.07, 6.45) is 0. The molecule has 0 N–H and O–H groups in total. The number of ether oxygens (including phenoxy) is 1. The summed E-state index contributed by atoms with van der Waals surface area (Å²) in [4.78, 5) is 13.5. The molecule has 0 aromatic heterocycles. The first-order valence-electron chi connectivity index (χ1n) is 6.48. The standard InChI is InChI=1S/C17H18O2S/c1-12-8-9-14(16(10-12)19-3)15(18)11-20-17-7-5-4-6-13(17)2/h4-10H,11H2,1-3H3. The summed E-state index contributed by atoms with van der Waals surface area (Å²) < 4.78 is 5.29. The molecule has 20 heavy (non-hydrogen) atoms. The lowest BCUT2D eigenvalue weighted by atomic mass is 10.1. The number of rotatable bonds is 5. The summed E-state index contributed by atoms with van der Waals surface area (Å²) in [5.41, 5.74) is 2.94. The van der Waals surface area contributed by atoms with Crippen LogP contribution in [-0.2, 0) is 0 Å². The van der Waals surface area contributed by atoms with Gasteiger partial charge in [-0.2, -0.15) is 0 Å². The van der Waals surface area contributed by atoms with Crippen molar-refractivity contribution in [1.29, 1.82) is 0 Å². The van der Waals surface area contributed by atoms with E-state index in [1.807, 2.05) is 43.3 Å². The molecular formula is C17H18O2S. The van der Waals surface area contributed by atoms with Crippen LogP contribution >= 0.6 is 11.8 Å². The normalized spacial score (nSPS) is 10.3. The van der Waals surface area contributed by atoms with Crippen molar-refractivity contribution in [3.8, 4) is 5.75 Å². The summed E-state index contributed by atoms with van der Waals surface area (Å²) in [5, 5.41) is 0. The van der Waals surface area contributed by atoms with Crippen molar-refractivity contribution >= 4 is 17.5 Å². The first-order valence-corrected chi connectivity index (χ1v) is 7.46. The van der Waals surface area contributed by atoms with E-state index >= 15 is 0 Å². The third-order valence-electron chi connectivity index (χ3n) is 3.11. The largest absolute Gasteiger partial charge is 0.496 e. The van der Waals surface area contributed by atoms with E-state index in [-0.39, 0.29) is 5.78 Å². The highest BCUT2D eigenvalue weighted by Gasteiger charge is 2.13. The number of ketones is 1. The molecule has 2 rings (SSSR count). The van der Waals surface area contributed by atoms with E-state index < -0.39 is 0 Å². The lowest BCUT2D eigenvalue weighted by molar-refractivity contribution is 0.101. The van der Waals surface area contributed by atoms with E-state index in [9.17, 15) is 4.79 Å². The molecule has 2 nitrogen and oxygen atoms in total. The maximum absolute atomic E-state index is 12.3. The second-order valence-corrected chi connectivity index (χ2v) is 5.70. The molecule has 0 atom stereocenters. The van der Waals surface area contributed by atoms with E-state index in [4.69, 9.17) is 4.74 Å². The van der Waals surface area contributed by atoms with Crippen molar-refractivity contribution in [2.75, 3.05) is 12.9 Å². The Morgan fingerprint density at radius 3 is 2.60 bits per heavy atom. The van der Waals surface area contributed by atoms with Gasteiger partial charge in [-0.25, -0.2) is 0 Å². The van der Waals surface area contributed by atoms with Crippen molar-refractivity contribution in [2.45, 2.75) is 18.7 Å². The van der Waals surface area contributed by atoms with Crippen LogP contribution < -0.4 is 4.74 Å². The summed E-state index contributed by atoms with van der Waals surface area (Å²) in [6, 6.07) is 13.8. The van der Waals surface area contributed by atoms with Crippen molar-refractivity contribution < 1.29 is 9.53 Å². The minimum atomic E-state index is 0.0927. The Kier molecular flexibility index (Phi) is 4.85. The van der Waals surface area contributed by atoms with E-state index in [1.165, 1.54) is 5.56 Å². The Labute approximate surface area is 124 Å². The molecule has 104 valence electrons. The predicted octanol–water partition coefficient (Wildman–Crippen LogP) is 4.29. The van der Waals surface area contributed by atoms with Crippen LogP contribution in [0, 0.1) is 13.8 Å². The van der Waals surface area contributed by atoms with E-state index in [1.54, 1.807) is 18.9 Å². The summed E-state index contributed by atoms with van der Waals surface area (Å²) in [5.74, 6) is 1.17. The topological polar surface area (TPSA) is 26.3 Å². The Hall–Kier alpha value is -1.74. The number of hydrogen-bond acceptors (Lipinski definition) is 3. The van der Waals surface area contributed by atoms with Gasteiger partial charge in [0.2, 0.25) is 0 Å². The second-order valence-electron chi connectivity index (χ2n) is 4.68. The summed E-state index contributed by atoms with van der Waals surface area (Å²) in [6.45, 7) is 4.04. The van der Waals surface area contributed by atoms with Crippen LogP contribution in [0.3, 0.4) is 0 Å². The fourth-order valence-electron chi connectivity index (χ4n) is 1.97. The fraction of sp³-hybridized carbons (Fsp3) is 0.235. The number of carbonyl (C=O) groups excluding carboxylic acids is 1. The number of carbonyl (C=O) groups is 1. The Balaban J connectivity index is 2.11. The minimum Gasteiger partial charge on any atom is -0.496 e. The third kappa shape index (κ3) is 3.42. The molecule has 0 unspecified atom stereocenters. The number of benzene rings is 2. The summed E-state index contributed by atoms with van der Waals surface area (Å²) >= 11 is 1.57. The zero-order chi connectivity index (χ0) is 14.5. The quantitative estimate of drug-likeness (QED) is 0.606. The predicted molar refractivity (Wildman–Crippen MR) is 84.0 cm³/mol. The highest BCUT2D eigenvalue weighted by Crippen LogP contribution is 2.26. The maximum atomic E-state index is 12.3. The highest BCUT2D eigenvalue weighted by atomic mass is 32.2. The maximum Gasteiger partial charge on any atom is 0.176 e. The van der Waals surface area contributed by atoms with Gasteiger partial charge >= 0.3 is 0 Å². The molecule has 0 saturated heterocycles. The SMILES string of the molecule is COc1cc(C)ccc1C(=O)CSc1ccccc1C. The molecule has 0 spiro atoms. The van der Waals surface area contributed by atoms with Crippen molar-refractivity contribution in [3.63, 3.8) is 0 Å². The Morgan fingerprint density at radius 1 is 1.15 bits per heavy atom. The van der Waals surface area contributed by atoms with Gasteiger partial charge < -0.3 is 4.74 Å². The monoisotopic (exact) mass is 286 g/mol. The van der Waals surface area contributed by atoms with E-state index in [0.29, 0.717) is 17.1 Å². The van der Waals surface area contributed by atoms with Gasteiger partial charge in [-0.05, 0) is 43.2 Å². The zero-order valence-corrected chi connectivity index (χ0v) is 12.8. The molecule has 3 heteroatoms. The lowest BCUT2D eigenvalue weighted by Gasteiger charge is -2.09. The number of Topliss-reactive ketones (excluding diaryl/α,β-unsaturated/α-hetero) is 1. The molecule has 0 aliphatic rings. The Morgan fingerprint density at radius 2 is 1.90 bits per heavy atom. The van der Waals surface area contributed by atoms with Crippen molar-refractivity contribution in [2.24, 2.45) is 0 Å². The van der Waals surface area contributed by atoms with E-state index in [0.717, 1.165) is 10.5 Å². The summed E-state index contributed by atoms with van der Waals surface area (Å²) in [7, 11) is 1.60. The van der Waals surface area contributed by atoms with Crippen LogP contribution in [0.1, 0.15) is 21.5 Å². The van der Waals surface area contributed by atoms with Crippen LogP contribution in [0.25, 0.3) is 0 Å². The zero-order valence-electron chi connectivity index (χ0n) is 12.0. The number of methoxy groups -OCH3 is 1. The average molecular weight is 286 g/mol. The number of thioether (sulfide) groups is 1. The van der Waals surface area contributed by atoms with Gasteiger partial charge in [0.25, 0.3) is 0 Å². The van der Waals surface area contributed by atoms with Crippen LogP contribution in [0.2, 0.25) is 0 Å². The van der Waals surface area contributed by atoms with Crippen LogP contribution in [0.15, 0.2) is 47.4 Å². The molecule has 0 amide bonds. The number of hydrogen-bond donors (Lipinski definition) is 0. The molecule has 0 saturated carbocycles. The van der Waals surface area contributed by atoms with Gasteiger partial charge in [0.1, 0.15) is 5.75 Å². The average Bonchev–Trinajstić information content (AvgIpc) is 2.46. The number of aryl methyl sites for hydroxylation is 2. The minimum absolute atomic E-state index is 0.0927. The molecular weight excluding hydrogens is 268 g/mol. The first-order chi connectivity index (χ1) is 9.61. The molecule has 0 radical (unpaired) electrons. The molecule has 2 aromatic rings. The smallest absolute Gasteiger partial charge is 0.176 e. The van der Waals surface area contributed by atoms with Gasteiger partial charge in [0.05, 0.1) is 18.4 Å². The van der Waals surface area contributed by atoms with Crippen molar-refractivity contribution in [1.82, 2.24) is 0 Å². The first kappa shape index (κ1) is 14.7. The Bertz CT molecular complexity index is 620. The van der Waals surface area contributed by atoms with Crippen molar-refractivity contribution in [3.05, 3.63) is 59.2 Å². The van der Waals surface area contributed by atoms with Gasteiger partial charge in [0, 0.05) is 4.90 Å². The van der Waals surface area contributed by atoms with Gasteiger partial charge in [0.15, 0.2) is 5.78 Å². The van der Waals surface area contributed by atoms with Gasteiger partial charge in [-0.1, -0.05) is 24.3 Å². The van der Waals surface area contributed by atoms with Crippen LogP contribution in [0.5, 0.6) is 5.75 Å². The van der Waals surface area contributed by atoms with Crippen LogP contribution in [0.4, 0.5) is 0 Å². The molecule has 0 bridgehead atoms. The highest BCUT2D eigenvalue weighted by molar-refractivity contribution is 8.00. The van der Waals surface area contributed by atoms with E-state index in [2.05, 4.69) is 13.0 Å². The molecule has 0 aliphatic carbocycles. The second kappa shape index (κ2) is 6.62. The van der Waals surface area contributed by atoms with Gasteiger partial charge in [-0.3, -0.25) is 4.79 Å². The van der Waals surface area contributed by atoms with Gasteiger partial charge in [-0.15, -0.1) is 11.8 Å². The third-order valence-corrected chi connectivity index (χ3v) is 4.29. The molecule has 0 heterocycles. The molecule has 2 aromatic carbocycles. The lowest BCUT2D eigenvalue weighted by Crippen LogP contribution is -2.05. The fourth-order valence-corrected chi connectivity index (χ4v) is 2.88.